The van der Waals surface area contributed by atoms with Crippen LogP contribution in [0.25, 0.3) is 0 Å². The van der Waals surface area contributed by atoms with Crippen LogP contribution in [0.2, 0.25) is 0 Å². The highest BCUT2D eigenvalue weighted by molar-refractivity contribution is 5.73. The fourth-order valence-electron chi connectivity index (χ4n) is 3.97. The second-order valence-electron chi connectivity index (χ2n) is 7.75. The Balaban J connectivity index is 1.53. The van der Waals surface area contributed by atoms with Crippen LogP contribution in [0.15, 0.2) is 6.20 Å². The third-order valence-electron chi connectivity index (χ3n) is 5.50. The zero-order valence-corrected chi connectivity index (χ0v) is 15.9. The Kier molecular flexibility index (Phi) is 5.34. The summed E-state index contributed by atoms with van der Waals surface area (Å²) in [6.07, 6.45) is 6.00. The van der Waals surface area contributed by atoms with Crippen molar-refractivity contribution in [1.82, 2.24) is 24.9 Å². The van der Waals surface area contributed by atoms with E-state index < -0.39 is 0 Å². The highest BCUT2D eigenvalue weighted by Gasteiger charge is 2.40. The van der Waals surface area contributed by atoms with Gasteiger partial charge < -0.3 is 15.0 Å². The van der Waals surface area contributed by atoms with Crippen molar-refractivity contribution in [2.75, 3.05) is 33.8 Å². The van der Waals surface area contributed by atoms with Gasteiger partial charge in [-0.25, -0.2) is 4.79 Å². The van der Waals surface area contributed by atoms with Crippen molar-refractivity contribution in [1.29, 1.82) is 0 Å². The van der Waals surface area contributed by atoms with E-state index in [9.17, 15) is 4.79 Å². The van der Waals surface area contributed by atoms with Crippen LogP contribution in [-0.2, 0) is 18.3 Å². The molecule has 2 aliphatic rings. The third-order valence-corrected chi connectivity index (χ3v) is 5.50. The Morgan fingerprint density at radius 3 is 2.76 bits per heavy atom. The number of hydrogen-bond donors (Lipinski definition) is 1. The maximum Gasteiger partial charge on any atom is 0.317 e. The summed E-state index contributed by atoms with van der Waals surface area (Å²) in [4.78, 5) is 16.0. The van der Waals surface area contributed by atoms with Crippen LogP contribution < -0.4 is 5.32 Å². The Morgan fingerprint density at radius 1 is 1.44 bits per heavy atom. The number of piperidine rings is 1. The predicted molar refractivity (Wildman–Crippen MR) is 96.4 cm³/mol. The third kappa shape index (κ3) is 4.33. The molecule has 1 N–H and O–H groups in total. The smallest absolute Gasteiger partial charge is 0.317 e. The van der Waals surface area contributed by atoms with Gasteiger partial charge in [-0.15, -0.1) is 0 Å². The van der Waals surface area contributed by atoms with Gasteiger partial charge in [0, 0.05) is 65.2 Å². The molecule has 1 aromatic rings. The van der Waals surface area contributed by atoms with Crippen molar-refractivity contribution in [2.45, 2.75) is 50.8 Å². The first kappa shape index (κ1) is 18.2. The van der Waals surface area contributed by atoms with Gasteiger partial charge in [0.25, 0.3) is 0 Å². The summed E-state index contributed by atoms with van der Waals surface area (Å²) < 4.78 is 8.08. The van der Waals surface area contributed by atoms with Crippen molar-refractivity contribution in [3.8, 4) is 0 Å². The lowest BCUT2D eigenvalue weighted by Gasteiger charge is -2.46. The molecule has 0 unspecified atom stereocenters. The number of aryl methyl sites for hydroxylation is 2. The van der Waals surface area contributed by atoms with Crippen molar-refractivity contribution in [3.63, 3.8) is 0 Å². The van der Waals surface area contributed by atoms with Crippen LogP contribution in [0.5, 0.6) is 0 Å². The molecule has 0 radical (unpaired) electrons. The van der Waals surface area contributed by atoms with E-state index in [1.807, 2.05) is 11.7 Å². The van der Waals surface area contributed by atoms with Crippen molar-refractivity contribution >= 4 is 6.03 Å². The average Bonchev–Trinajstić information content (AvgIpc) is 2.87. The molecule has 1 aromatic heterocycles. The van der Waals surface area contributed by atoms with E-state index in [1.54, 1.807) is 19.0 Å². The maximum absolute atomic E-state index is 11.9. The van der Waals surface area contributed by atoms with Gasteiger partial charge in [0.1, 0.15) is 0 Å². The van der Waals surface area contributed by atoms with Gasteiger partial charge in [-0.3, -0.25) is 9.58 Å². The van der Waals surface area contributed by atoms with Gasteiger partial charge in [0.2, 0.25) is 0 Å². The minimum atomic E-state index is -0.0665. The predicted octanol–water partition coefficient (Wildman–Crippen LogP) is 1.51. The minimum absolute atomic E-state index is 0.00783. The zero-order chi connectivity index (χ0) is 18.0. The quantitative estimate of drug-likeness (QED) is 0.899. The highest BCUT2D eigenvalue weighted by atomic mass is 16.5. The lowest BCUT2D eigenvalue weighted by Crippen LogP contribution is -2.54. The van der Waals surface area contributed by atoms with E-state index in [2.05, 4.69) is 28.4 Å². The topological polar surface area (TPSA) is 62.6 Å². The van der Waals surface area contributed by atoms with E-state index in [0.717, 1.165) is 57.6 Å². The first-order valence-electron chi connectivity index (χ1n) is 9.20. The molecule has 140 valence electrons. The molecule has 0 aliphatic carbocycles. The van der Waals surface area contributed by atoms with Crippen LogP contribution >= 0.6 is 0 Å². The summed E-state index contributed by atoms with van der Waals surface area (Å²) in [6, 6.07) is 0.210. The van der Waals surface area contributed by atoms with E-state index >= 15 is 0 Å². The fraction of sp³-hybridized carbons (Fsp3) is 0.778. The molecular weight excluding hydrogens is 318 g/mol. The normalized spacial score (nSPS) is 23.6. The number of nitrogens with zero attached hydrogens (tertiary/aromatic N) is 4. The van der Waals surface area contributed by atoms with Crippen LogP contribution in [0.4, 0.5) is 4.79 Å². The number of likely N-dealkylation sites (tertiary alicyclic amines) is 1. The molecule has 7 nitrogen and oxygen atoms in total. The van der Waals surface area contributed by atoms with Crippen molar-refractivity contribution in [3.05, 3.63) is 17.5 Å². The molecule has 0 bridgehead atoms. The molecule has 1 atom stereocenters. The molecular formula is C18H31N5O2. The Bertz CT molecular complexity index is 605. The molecule has 2 aliphatic heterocycles. The Hall–Kier alpha value is -1.60. The second-order valence-corrected chi connectivity index (χ2v) is 7.75. The van der Waals surface area contributed by atoms with E-state index in [4.69, 9.17) is 4.74 Å². The Labute approximate surface area is 150 Å². The highest BCUT2D eigenvalue weighted by Crippen LogP contribution is 2.35. The second kappa shape index (κ2) is 7.33. The number of amides is 2. The molecule has 2 amide bonds. The summed E-state index contributed by atoms with van der Waals surface area (Å²) in [5.41, 5.74) is 2.35. The SMILES string of the molecule is Cc1nn(C)cc1CN1CCC2(CC1)C[C@@H](NC(=O)N(C)C)CCO2. The first-order valence-corrected chi connectivity index (χ1v) is 9.20. The van der Waals surface area contributed by atoms with E-state index in [1.165, 1.54) is 5.56 Å². The lowest BCUT2D eigenvalue weighted by molar-refractivity contribution is -0.119. The molecule has 0 saturated carbocycles. The zero-order valence-electron chi connectivity index (χ0n) is 15.9. The van der Waals surface area contributed by atoms with Crippen LogP contribution in [0.3, 0.4) is 0 Å². The molecule has 2 saturated heterocycles. The number of ether oxygens (including phenoxy) is 1. The monoisotopic (exact) mass is 349 g/mol. The number of rotatable bonds is 3. The number of aromatic nitrogens is 2. The fourth-order valence-corrected chi connectivity index (χ4v) is 3.97. The molecule has 3 rings (SSSR count). The summed E-state index contributed by atoms with van der Waals surface area (Å²) in [5.74, 6) is 0. The van der Waals surface area contributed by atoms with Crippen LogP contribution in [-0.4, -0.2) is 71.0 Å². The molecule has 7 heteroatoms. The summed E-state index contributed by atoms with van der Waals surface area (Å²) in [7, 11) is 5.53. The van der Waals surface area contributed by atoms with E-state index in [-0.39, 0.29) is 17.7 Å². The summed E-state index contributed by atoms with van der Waals surface area (Å²) >= 11 is 0. The average molecular weight is 349 g/mol. The first-order chi connectivity index (χ1) is 11.9. The Morgan fingerprint density at radius 2 is 2.16 bits per heavy atom. The van der Waals surface area contributed by atoms with Gasteiger partial charge in [-0.05, 0) is 32.6 Å². The van der Waals surface area contributed by atoms with E-state index in [0.29, 0.717) is 0 Å². The molecule has 1 spiro atoms. The van der Waals surface area contributed by atoms with Gasteiger partial charge in [0.15, 0.2) is 0 Å². The van der Waals surface area contributed by atoms with Gasteiger partial charge in [-0.2, -0.15) is 5.10 Å². The van der Waals surface area contributed by atoms with Crippen molar-refractivity contribution < 1.29 is 9.53 Å². The summed E-state index contributed by atoms with van der Waals surface area (Å²) in [5, 5.41) is 7.57. The number of carbonyl (C=O) groups is 1. The largest absolute Gasteiger partial charge is 0.375 e. The van der Waals surface area contributed by atoms with Crippen LogP contribution in [0, 0.1) is 6.92 Å². The van der Waals surface area contributed by atoms with Crippen molar-refractivity contribution in [2.24, 2.45) is 7.05 Å². The minimum Gasteiger partial charge on any atom is -0.375 e. The van der Waals surface area contributed by atoms with Crippen LogP contribution in [0.1, 0.15) is 36.9 Å². The van der Waals surface area contributed by atoms with Gasteiger partial charge in [0.05, 0.1) is 11.3 Å². The number of hydrogen-bond acceptors (Lipinski definition) is 4. The lowest BCUT2D eigenvalue weighted by atomic mass is 9.82. The summed E-state index contributed by atoms with van der Waals surface area (Å²) in [6.45, 7) is 5.82. The number of urea groups is 1. The van der Waals surface area contributed by atoms with Gasteiger partial charge >= 0.3 is 6.03 Å². The molecule has 25 heavy (non-hydrogen) atoms. The standard InChI is InChI=1S/C18H31N5O2/c1-14-15(12-22(4)20-14)13-23-8-6-18(7-9-23)11-16(5-10-25-18)19-17(24)21(2)3/h12,16H,5-11,13H2,1-4H3,(H,19,24)/t16-/m0/s1. The molecule has 0 aromatic carbocycles. The number of nitrogens with one attached hydrogen (secondary N) is 1. The maximum atomic E-state index is 11.9. The molecule has 2 fully saturated rings. The number of carbonyl (C=O) groups excluding carboxylic acids is 1. The van der Waals surface area contributed by atoms with Gasteiger partial charge in [-0.1, -0.05) is 0 Å². The molecule has 3 heterocycles.